The Balaban J connectivity index is 2.40. The van der Waals surface area contributed by atoms with E-state index in [0.717, 1.165) is 6.07 Å². The predicted octanol–water partition coefficient (Wildman–Crippen LogP) is 3.13. The number of halogens is 3. The van der Waals surface area contributed by atoms with Crippen molar-refractivity contribution in [2.24, 2.45) is 0 Å². The molecule has 0 atom stereocenters. The molecule has 0 fully saturated rings. The van der Waals surface area contributed by atoms with Crippen molar-refractivity contribution in [1.82, 2.24) is 0 Å². The van der Waals surface area contributed by atoms with Crippen molar-refractivity contribution in [3.63, 3.8) is 0 Å². The molecule has 0 aliphatic heterocycles. The zero-order chi connectivity index (χ0) is 17.3. The number of phenols is 1. The van der Waals surface area contributed by atoms with Crippen LogP contribution in [0.5, 0.6) is 5.75 Å². The summed E-state index contributed by atoms with van der Waals surface area (Å²) in [5.41, 5.74) is -4.90. The molecule has 0 saturated carbocycles. The Labute approximate surface area is 129 Å². The number of nitrogens with one attached hydrogen (secondary N) is 1. The molecule has 0 amide bonds. The van der Waals surface area contributed by atoms with Gasteiger partial charge < -0.3 is 5.11 Å². The second-order valence-corrected chi connectivity index (χ2v) is 6.20. The van der Waals surface area contributed by atoms with E-state index in [0.29, 0.717) is 17.4 Å². The van der Waals surface area contributed by atoms with Crippen LogP contribution in [-0.2, 0) is 10.0 Å². The second kappa shape index (κ2) is 5.92. The van der Waals surface area contributed by atoms with Gasteiger partial charge in [-0.2, -0.15) is 21.6 Å². The minimum absolute atomic E-state index is 0.00350. The first-order valence-corrected chi connectivity index (χ1v) is 7.60. The van der Waals surface area contributed by atoms with Crippen molar-refractivity contribution >= 4 is 22.0 Å². The van der Waals surface area contributed by atoms with Gasteiger partial charge in [0.05, 0.1) is 5.56 Å². The number of hydrogen-bond acceptors (Lipinski definition) is 4. The lowest BCUT2D eigenvalue weighted by atomic mass is 10.0. The minimum Gasteiger partial charge on any atom is -0.507 e. The number of carbonyl (C=O) groups excluding carboxylic acids is 1. The average Bonchev–Trinajstić information content (AvgIpc) is 2.46. The first-order chi connectivity index (χ1) is 10.6. The summed E-state index contributed by atoms with van der Waals surface area (Å²) in [7, 11) is -5.52. The molecule has 0 saturated heterocycles. The number of hydrogen-bond donors (Lipinski definition) is 2. The number of aromatic hydroxyl groups is 1. The summed E-state index contributed by atoms with van der Waals surface area (Å²) >= 11 is 0. The molecule has 5 nitrogen and oxygen atoms in total. The number of phenolic OH excluding ortho intramolecular Hbond substituents is 1. The van der Waals surface area contributed by atoms with Gasteiger partial charge in [-0.25, -0.2) is 0 Å². The van der Waals surface area contributed by atoms with Gasteiger partial charge in [-0.15, -0.1) is 0 Å². The number of aldehydes is 1. The molecule has 0 aliphatic carbocycles. The van der Waals surface area contributed by atoms with Gasteiger partial charge in [-0.3, -0.25) is 9.52 Å². The SMILES string of the molecule is O=Cc1cc(-c2cccc(NS(=O)(=O)C(F)(F)F)c2)ccc1O. The van der Waals surface area contributed by atoms with Gasteiger partial charge in [0, 0.05) is 5.69 Å². The van der Waals surface area contributed by atoms with Crippen LogP contribution in [0, 0.1) is 0 Å². The Kier molecular flexibility index (Phi) is 4.33. The highest BCUT2D eigenvalue weighted by Gasteiger charge is 2.46. The van der Waals surface area contributed by atoms with E-state index in [4.69, 9.17) is 0 Å². The van der Waals surface area contributed by atoms with E-state index in [9.17, 15) is 31.5 Å². The topological polar surface area (TPSA) is 83.5 Å². The summed E-state index contributed by atoms with van der Waals surface area (Å²) in [5, 5.41) is 9.43. The highest BCUT2D eigenvalue weighted by Crippen LogP contribution is 2.29. The van der Waals surface area contributed by atoms with Crippen molar-refractivity contribution < 1.29 is 31.5 Å². The highest BCUT2D eigenvalue weighted by molar-refractivity contribution is 7.93. The number of rotatable bonds is 4. The Morgan fingerprint density at radius 1 is 1.04 bits per heavy atom. The molecule has 2 aromatic carbocycles. The molecule has 2 N–H and O–H groups in total. The largest absolute Gasteiger partial charge is 0.516 e. The highest BCUT2D eigenvalue weighted by atomic mass is 32.2. The minimum atomic E-state index is -5.52. The number of sulfonamides is 1. The monoisotopic (exact) mass is 345 g/mol. The number of benzene rings is 2. The average molecular weight is 345 g/mol. The van der Waals surface area contributed by atoms with E-state index in [1.54, 1.807) is 0 Å². The summed E-state index contributed by atoms with van der Waals surface area (Å²) in [6.45, 7) is 0. The van der Waals surface area contributed by atoms with Crippen LogP contribution < -0.4 is 4.72 Å². The van der Waals surface area contributed by atoms with Crippen molar-refractivity contribution in [2.45, 2.75) is 5.51 Å². The Morgan fingerprint density at radius 3 is 2.30 bits per heavy atom. The maximum Gasteiger partial charge on any atom is 0.516 e. The maximum atomic E-state index is 12.4. The molecule has 2 rings (SSSR count). The number of alkyl halides is 3. The van der Waals surface area contributed by atoms with Gasteiger partial charge in [0.15, 0.2) is 6.29 Å². The lowest BCUT2D eigenvalue weighted by molar-refractivity contribution is -0.0429. The van der Waals surface area contributed by atoms with E-state index in [1.165, 1.54) is 41.1 Å². The molecule has 2 aromatic rings. The molecule has 0 aliphatic rings. The fourth-order valence-electron chi connectivity index (χ4n) is 1.80. The van der Waals surface area contributed by atoms with E-state index < -0.39 is 15.5 Å². The van der Waals surface area contributed by atoms with Crippen molar-refractivity contribution in [3.05, 3.63) is 48.0 Å². The van der Waals surface area contributed by atoms with Crippen molar-refractivity contribution in [3.8, 4) is 16.9 Å². The van der Waals surface area contributed by atoms with Gasteiger partial charge in [-0.1, -0.05) is 18.2 Å². The third-order valence-electron chi connectivity index (χ3n) is 2.91. The Hall–Kier alpha value is -2.55. The third-order valence-corrected chi connectivity index (χ3v) is 4.02. The van der Waals surface area contributed by atoms with Gasteiger partial charge in [0.25, 0.3) is 0 Å². The summed E-state index contributed by atoms with van der Waals surface area (Å²) in [4.78, 5) is 10.8. The van der Waals surface area contributed by atoms with Crippen molar-refractivity contribution in [2.75, 3.05) is 4.72 Å². The number of anilines is 1. The third kappa shape index (κ3) is 3.62. The molecule has 0 heterocycles. The predicted molar refractivity (Wildman–Crippen MR) is 77.5 cm³/mol. The molecule has 0 unspecified atom stereocenters. The first-order valence-electron chi connectivity index (χ1n) is 6.12. The fourth-order valence-corrected chi connectivity index (χ4v) is 2.36. The summed E-state index contributed by atoms with van der Waals surface area (Å²) < 4.78 is 60.7. The summed E-state index contributed by atoms with van der Waals surface area (Å²) in [6.07, 6.45) is 0.426. The van der Waals surface area contributed by atoms with Crippen LogP contribution >= 0.6 is 0 Å². The van der Waals surface area contributed by atoms with Gasteiger partial charge >= 0.3 is 15.5 Å². The molecule has 0 spiro atoms. The lowest BCUT2D eigenvalue weighted by Gasteiger charge is -2.12. The zero-order valence-electron chi connectivity index (χ0n) is 11.3. The quantitative estimate of drug-likeness (QED) is 0.834. The fraction of sp³-hybridized carbons (Fsp3) is 0.0714. The summed E-state index contributed by atoms with van der Waals surface area (Å²) in [6, 6.07) is 9.26. The Bertz CT molecular complexity index is 847. The van der Waals surface area contributed by atoms with Crippen LogP contribution in [-0.4, -0.2) is 25.3 Å². The maximum absolute atomic E-state index is 12.4. The summed E-state index contributed by atoms with van der Waals surface area (Å²) in [5.74, 6) is -0.238. The molecular weight excluding hydrogens is 335 g/mol. The van der Waals surface area contributed by atoms with Crippen molar-refractivity contribution in [1.29, 1.82) is 0 Å². The van der Waals surface area contributed by atoms with Crippen LogP contribution in [0.4, 0.5) is 18.9 Å². The molecule has 9 heteroatoms. The first kappa shape index (κ1) is 16.8. The van der Waals surface area contributed by atoms with Gasteiger partial charge in [0.1, 0.15) is 5.75 Å². The van der Waals surface area contributed by atoms with E-state index in [2.05, 4.69) is 0 Å². The molecule has 0 bridgehead atoms. The standard InChI is InChI=1S/C14H10F3NO4S/c15-14(16,17)23(21,22)18-12-3-1-2-9(7-12)10-4-5-13(20)11(6-10)8-19/h1-8,18,20H. The zero-order valence-corrected chi connectivity index (χ0v) is 12.1. The molecule has 122 valence electrons. The van der Waals surface area contributed by atoms with E-state index >= 15 is 0 Å². The van der Waals surface area contributed by atoms with Gasteiger partial charge in [0.2, 0.25) is 0 Å². The smallest absolute Gasteiger partial charge is 0.507 e. The molecule has 23 heavy (non-hydrogen) atoms. The second-order valence-electron chi connectivity index (χ2n) is 4.52. The normalized spacial score (nSPS) is 12.0. The molecular formula is C14H10F3NO4S. The van der Waals surface area contributed by atoms with Crippen LogP contribution in [0.15, 0.2) is 42.5 Å². The van der Waals surface area contributed by atoms with Crippen LogP contribution in [0.1, 0.15) is 10.4 Å². The van der Waals surface area contributed by atoms with Crippen LogP contribution in [0.25, 0.3) is 11.1 Å². The van der Waals surface area contributed by atoms with Crippen LogP contribution in [0.3, 0.4) is 0 Å². The van der Waals surface area contributed by atoms with Crippen LogP contribution in [0.2, 0.25) is 0 Å². The van der Waals surface area contributed by atoms with E-state index in [-0.39, 0.29) is 17.0 Å². The lowest BCUT2D eigenvalue weighted by Crippen LogP contribution is -2.29. The number of carbonyl (C=O) groups is 1. The van der Waals surface area contributed by atoms with Gasteiger partial charge in [-0.05, 0) is 35.4 Å². The Morgan fingerprint density at radius 2 is 1.70 bits per heavy atom. The molecule has 0 radical (unpaired) electrons. The molecule has 0 aromatic heterocycles. The van der Waals surface area contributed by atoms with E-state index in [1.807, 2.05) is 0 Å².